The number of rotatable bonds is 9. The van der Waals surface area contributed by atoms with Gasteiger partial charge in [-0.3, -0.25) is 9.59 Å². The number of carbonyl (C=O) groups is 2. The number of nitrogens with one attached hydrogen (secondary N) is 1. The Hall–Kier alpha value is -2.96. The maximum atomic E-state index is 13.1. The monoisotopic (exact) mass is 460 g/mol. The van der Waals surface area contributed by atoms with Gasteiger partial charge in [0.15, 0.2) is 5.76 Å². The molecule has 0 saturated carbocycles. The van der Waals surface area contributed by atoms with Crippen LogP contribution in [0.15, 0.2) is 65.3 Å². The van der Waals surface area contributed by atoms with Gasteiger partial charge in [0.2, 0.25) is 5.91 Å². The highest BCUT2D eigenvalue weighted by molar-refractivity contribution is 6.35. The van der Waals surface area contributed by atoms with Gasteiger partial charge in [0.1, 0.15) is 18.9 Å². The molecule has 31 heavy (non-hydrogen) atoms. The molecule has 2 aromatic carbocycles. The fraction of sp³-hybridized carbons (Fsp3) is 0.217. The summed E-state index contributed by atoms with van der Waals surface area (Å²) in [7, 11) is 0. The first-order valence-corrected chi connectivity index (χ1v) is 10.5. The van der Waals surface area contributed by atoms with Crippen molar-refractivity contribution in [2.45, 2.75) is 20.0 Å². The van der Waals surface area contributed by atoms with E-state index in [0.29, 0.717) is 40.0 Å². The Morgan fingerprint density at radius 1 is 1.10 bits per heavy atom. The third-order valence-electron chi connectivity index (χ3n) is 4.40. The zero-order chi connectivity index (χ0) is 22.2. The quantitative estimate of drug-likeness (QED) is 0.447. The molecule has 0 aliphatic heterocycles. The SMILES string of the molecule is CCCN(CC(=O)Nc1cc(Cl)ccc1Cl)C(=O)c1occc1COc1ccccc1. The summed E-state index contributed by atoms with van der Waals surface area (Å²) in [5.74, 6) is 0.0636. The number of ether oxygens (including phenoxy) is 1. The predicted octanol–water partition coefficient (Wildman–Crippen LogP) is 5.66. The van der Waals surface area contributed by atoms with Crippen LogP contribution >= 0.6 is 23.2 Å². The number of hydrogen-bond donors (Lipinski definition) is 1. The molecule has 0 bridgehead atoms. The van der Waals surface area contributed by atoms with Crippen molar-refractivity contribution in [3.8, 4) is 5.75 Å². The van der Waals surface area contributed by atoms with E-state index in [4.69, 9.17) is 32.4 Å². The van der Waals surface area contributed by atoms with Crippen molar-refractivity contribution in [3.63, 3.8) is 0 Å². The Bertz CT molecular complexity index is 1040. The second kappa shape index (κ2) is 10.9. The van der Waals surface area contributed by atoms with Crippen molar-refractivity contribution in [3.05, 3.63) is 82.2 Å². The summed E-state index contributed by atoms with van der Waals surface area (Å²) in [4.78, 5) is 27.1. The van der Waals surface area contributed by atoms with Crippen LogP contribution in [0.4, 0.5) is 5.69 Å². The van der Waals surface area contributed by atoms with E-state index in [0.717, 1.165) is 0 Å². The first-order valence-electron chi connectivity index (χ1n) is 9.76. The zero-order valence-corrected chi connectivity index (χ0v) is 18.4. The smallest absolute Gasteiger partial charge is 0.290 e. The lowest BCUT2D eigenvalue weighted by atomic mass is 10.2. The van der Waals surface area contributed by atoms with Gasteiger partial charge in [-0.15, -0.1) is 0 Å². The minimum Gasteiger partial charge on any atom is -0.489 e. The third-order valence-corrected chi connectivity index (χ3v) is 4.96. The molecule has 162 valence electrons. The van der Waals surface area contributed by atoms with E-state index in [1.165, 1.54) is 11.2 Å². The normalized spacial score (nSPS) is 10.5. The van der Waals surface area contributed by atoms with Crippen molar-refractivity contribution < 1.29 is 18.7 Å². The van der Waals surface area contributed by atoms with Gasteiger partial charge >= 0.3 is 0 Å². The Balaban J connectivity index is 1.68. The number of furan rings is 1. The number of nitrogens with zero attached hydrogens (tertiary/aromatic N) is 1. The first-order chi connectivity index (χ1) is 15.0. The Kier molecular flexibility index (Phi) is 7.98. The Morgan fingerprint density at radius 2 is 1.87 bits per heavy atom. The molecule has 0 saturated heterocycles. The van der Waals surface area contributed by atoms with Crippen molar-refractivity contribution >= 4 is 40.7 Å². The van der Waals surface area contributed by atoms with Crippen LogP contribution < -0.4 is 10.1 Å². The summed E-state index contributed by atoms with van der Waals surface area (Å²) in [6, 6.07) is 15.7. The van der Waals surface area contributed by atoms with Gasteiger partial charge in [-0.25, -0.2) is 0 Å². The molecule has 0 aliphatic rings. The standard InChI is InChI=1S/C23H22Cl2N2O4/c1-2-11-27(14-21(28)26-20-13-17(24)8-9-19(20)25)23(29)22-16(10-12-30-22)15-31-18-6-4-3-5-7-18/h3-10,12-13H,2,11,14-15H2,1H3,(H,26,28). The first kappa shape index (κ1) is 22.7. The van der Waals surface area contributed by atoms with Crippen LogP contribution in [0, 0.1) is 0 Å². The number of anilines is 1. The van der Waals surface area contributed by atoms with Gasteiger partial charge < -0.3 is 19.4 Å². The van der Waals surface area contributed by atoms with Crippen LogP contribution in [-0.4, -0.2) is 29.8 Å². The van der Waals surface area contributed by atoms with E-state index in [1.54, 1.807) is 24.3 Å². The third kappa shape index (κ3) is 6.26. The molecule has 2 amide bonds. The summed E-state index contributed by atoms with van der Waals surface area (Å²) < 4.78 is 11.2. The van der Waals surface area contributed by atoms with Gasteiger partial charge in [-0.2, -0.15) is 0 Å². The van der Waals surface area contributed by atoms with E-state index in [9.17, 15) is 9.59 Å². The number of hydrogen-bond acceptors (Lipinski definition) is 4. The number of carbonyl (C=O) groups excluding carboxylic acids is 2. The molecule has 0 unspecified atom stereocenters. The molecule has 0 aliphatic carbocycles. The average molecular weight is 461 g/mol. The fourth-order valence-corrected chi connectivity index (χ4v) is 3.27. The number of halogens is 2. The van der Waals surface area contributed by atoms with Crippen molar-refractivity contribution in [1.29, 1.82) is 0 Å². The molecule has 1 N–H and O–H groups in total. The van der Waals surface area contributed by atoms with Gasteiger partial charge in [0.25, 0.3) is 5.91 Å². The van der Waals surface area contributed by atoms with Crippen LogP contribution in [0.2, 0.25) is 10.0 Å². The minimum absolute atomic E-state index is 0.151. The largest absolute Gasteiger partial charge is 0.489 e. The number of amides is 2. The minimum atomic E-state index is -0.389. The van der Waals surface area contributed by atoms with Crippen LogP contribution in [-0.2, 0) is 11.4 Å². The number of benzene rings is 2. The highest BCUT2D eigenvalue weighted by atomic mass is 35.5. The fourth-order valence-electron chi connectivity index (χ4n) is 2.94. The molecular weight excluding hydrogens is 439 g/mol. The summed E-state index contributed by atoms with van der Waals surface area (Å²) in [6.45, 7) is 2.32. The maximum absolute atomic E-state index is 13.1. The van der Waals surface area contributed by atoms with E-state index in [-0.39, 0.29) is 30.7 Å². The molecule has 8 heteroatoms. The highest BCUT2D eigenvalue weighted by Crippen LogP contribution is 2.25. The molecule has 3 rings (SSSR count). The number of para-hydroxylation sites is 1. The molecule has 1 heterocycles. The summed E-state index contributed by atoms with van der Waals surface area (Å²) in [6.07, 6.45) is 2.11. The predicted molar refractivity (Wildman–Crippen MR) is 121 cm³/mol. The lowest BCUT2D eigenvalue weighted by molar-refractivity contribution is -0.116. The van der Waals surface area contributed by atoms with Gasteiger partial charge in [0, 0.05) is 17.1 Å². The molecule has 6 nitrogen and oxygen atoms in total. The molecule has 0 spiro atoms. The molecule has 0 atom stereocenters. The van der Waals surface area contributed by atoms with Gasteiger partial charge in [-0.1, -0.05) is 48.3 Å². The second-order valence-electron chi connectivity index (χ2n) is 6.78. The van der Waals surface area contributed by atoms with Crippen molar-refractivity contribution in [1.82, 2.24) is 4.90 Å². The lowest BCUT2D eigenvalue weighted by Gasteiger charge is -2.21. The molecule has 0 radical (unpaired) electrons. The molecular formula is C23H22Cl2N2O4. The van der Waals surface area contributed by atoms with Crippen LogP contribution in [0.5, 0.6) is 5.75 Å². The highest BCUT2D eigenvalue weighted by Gasteiger charge is 2.24. The van der Waals surface area contributed by atoms with Crippen LogP contribution in [0.1, 0.15) is 29.5 Å². The molecule has 3 aromatic rings. The van der Waals surface area contributed by atoms with E-state index in [2.05, 4.69) is 5.32 Å². The second-order valence-corrected chi connectivity index (χ2v) is 7.62. The summed E-state index contributed by atoms with van der Waals surface area (Å²) >= 11 is 12.1. The lowest BCUT2D eigenvalue weighted by Crippen LogP contribution is -2.38. The van der Waals surface area contributed by atoms with Crippen LogP contribution in [0.25, 0.3) is 0 Å². The topological polar surface area (TPSA) is 71.8 Å². The summed E-state index contributed by atoms with van der Waals surface area (Å²) in [5.41, 5.74) is 0.992. The van der Waals surface area contributed by atoms with Crippen molar-refractivity contribution in [2.75, 3.05) is 18.4 Å². The molecule has 1 aromatic heterocycles. The Morgan fingerprint density at radius 3 is 2.61 bits per heavy atom. The average Bonchev–Trinajstić information content (AvgIpc) is 3.23. The van der Waals surface area contributed by atoms with E-state index < -0.39 is 0 Å². The maximum Gasteiger partial charge on any atom is 0.290 e. The Labute approximate surface area is 190 Å². The van der Waals surface area contributed by atoms with Gasteiger partial charge in [-0.05, 0) is 42.8 Å². The van der Waals surface area contributed by atoms with Crippen LogP contribution in [0.3, 0.4) is 0 Å². The molecule has 0 fully saturated rings. The van der Waals surface area contributed by atoms with E-state index in [1.807, 2.05) is 37.3 Å². The van der Waals surface area contributed by atoms with Crippen molar-refractivity contribution in [2.24, 2.45) is 0 Å². The van der Waals surface area contributed by atoms with E-state index >= 15 is 0 Å². The zero-order valence-electron chi connectivity index (χ0n) is 16.9. The summed E-state index contributed by atoms with van der Waals surface area (Å²) in [5, 5.41) is 3.50. The van der Waals surface area contributed by atoms with Gasteiger partial charge in [0.05, 0.1) is 17.0 Å².